The van der Waals surface area contributed by atoms with E-state index in [9.17, 15) is 4.79 Å². The molecule has 1 aromatic heterocycles. The van der Waals surface area contributed by atoms with Crippen molar-refractivity contribution in [3.8, 4) is 0 Å². The Morgan fingerprint density at radius 3 is 2.72 bits per heavy atom. The van der Waals surface area contributed by atoms with Crippen LogP contribution in [0.4, 0.5) is 5.82 Å². The molecule has 0 radical (unpaired) electrons. The van der Waals surface area contributed by atoms with Crippen LogP contribution in [0.2, 0.25) is 0 Å². The smallest absolute Gasteiger partial charge is 0.252 e. The maximum atomic E-state index is 11.6. The molecule has 5 nitrogen and oxygen atoms in total. The first-order valence-corrected chi connectivity index (χ1v) is 9.38. The van der Waals surface area contributed by atoms with Crippen molar-refractivity contribution < 1.29 is 4.79 Å². The van der Waals surface area contributed by atoms with Crippen LogP contribution in [0.5, 0.6) is 0 Å². The lowest BCUT2D eigenvalue weighted by atomic mass is 9.49. The maximum absolute atomic E-state index is 11.6. The molecule has 4 aliphatic rings. The van der Waals surface area contributed by atoms with Crippen molar-refractivity contribution in [2.75, 3.05) is 37.6 Å². The Bertz CT molecular complexity index is 703. The second-order valence-electron chi connectivity index (χ2n) is 8.32. The minimum atomic E-state index is -0.403. The monoisotopic (exact) mass is 340 g/mol. The van der Waals surface area contributed by atoms with Crippen molar-refractivity contribution in [1.29, 1.82) is 0 Å². The Morgan fingerprint density at radius 1 is 1.32 bits per heavy atom. The van der Waals surface area contributed by atoms with Gasteiger partial charge < -0.3 is 10.6 Å². The fourth-order valence-electron chi connectivity index (χ4n) is 4.87. The lowest BCUT2D eigenvalue weighted by molar-refractivity contribution is -0.0107. The zero-order chi connectivity index (χ0) is 17.6. The van der Waals surface area contributed by atoms with E-state index in [1.165, 1.54) is 12.8 Å². The van der Waals surface area contributed by atoms with Gasteiger partial charge in [-0.05, 0) is 42.2 Å². The van der Waals surface area contributed by atoms with Crippen LogP contribution < -0.4 is 10.6 Å². The fourth-order valence-corrected chi connectivity index (χ4v) is 4.87. The molecule has 0 aromatic carbocycles. The largest absolute Gasteiger partial charge is 0.365 e. The third-order valence-electron chi connectivity index (χ3n) is 6.71. The van der Waals surface area contributed by atoms with E-state index >= 15 is 0 Å². The predicted molar refractivity (Wildman–Crippen MR) is 99.5 cm³/mol. The van der Waals surface area contributed by atoms with Gasteiger partial charge in [-0.15, -0.1) is 0 Å². The summed E-state index contributed by atoms with van der Waals surface area (Å²) in [5.41, 5.74) is 8.16. The highest BCUT2D eigenvalue weighted by molar-refractivity contribution is 5.97. The van der Waals surface area contributed by atoms with Gasteiger partial charge in [0.1, 0.15) is 5.82 Å². The third kappa shape index (κ3) is 2.84. The van der Waals surface area contributed by atoms with Crippen LogP contribution in [-0.4, -0.2) is 48.5 Å². The minimum absolute atomic E-state index is 0.403. The second-order valence-corrected chi connectivity index (χ2v) is 8.32. The molecule has 134 valence electrons. The van der Waals surface area contributed by atoms with Crippen LogP contribution in [0.1, 0.15) is 37.0 Å². The zero-order valence-electron chi connectivity index (χ0n) is 15.2. The highest BCUT2D eigenvalue weighted by atomic mass is 16.1. The molecular weight excluding hydrogens is 312 g/mol. The van der Waals surface area contributed by atoms with Crippen LogP contribution in [0.25, 0.3) is 0 Å². The van der Waals surface area contributed by atoms with Crippen LogP contribution >= 0.6 is 0 Å². The van der Waals surface area contributed by atoms with Crippen LogP contribution in [-0.2, 0) is 0 Å². The summed E-state index contributed by atoms with van der Waals surface area (Å²) < 4.78 is 0. The number of carbonyl (C=O) groups is 1. The van der Waals surface area contributed by atoms with Crippen LogP contribution in [0.15, 0.2) is 30.0 Å². The van der Waals surface area contributed by atoms with E-state index < -0.39 is 5.91 Å². The topological polar surface area (TPSA) is 62.5 Å². The first kappa shape index (κ1) is 16.6. The van der Waals surface area contributed by atoms with Crippen LogP contribution in [0.3, 0.4) is 0 Å². The Hall–Kier alpha value is -1.88. The summed E-state index contributed by atoms with van der Waals surface area (Å²) in [7, 11) is 0. The Morgan fingerprint density at radius 2 is 2.08 bits per heavy atom. The summed E-state index contributed by atoms with van der Waals surface area (Å²) in [6.45, 7) is 9.75. The molecule has 5 heteroatoms. The first-order valence-electron chi connectivity index (χ1n) is 9.38. The standard InChI is InChI=1S/C20H28N4O/c1-20(2)15-6-5-14(17(20)12-15)13-23-8-10-24(11-9-23)19-16(18(21)25)4-3-7-22-19/h3-5,7,15,17H,6,8-13H2,1-2H3,(H2,21,25)/t15-,17-/m0/s1. The van der Waals surface area contributed by atoms with Gasteiger partial charge in [0.05, 0.1) is 5.56 Å². The summed E-state index contributed by atoms with van der Waals surface area (Å²) in [6, 6.07) is 3.53. The van der Waals surface area contributed by atoms with Crippen molar-refractivity contribution >= 4 is 11.7 Å². The van der Waals surface area contributed by atoms with Gasteiger partial charge in [-0.3, -0.25) is 9.69 Å². The normalized spacial score (nSPS) is 28.2. The Kier molecular flexibility index (Phi) is 4.07. The number of aromatic nitrogens is 1. The van der Waals surface area contributed by atoms with Crippen molar-refractivity contribution in [3.63, 3.8) is 0 Å². The lowest BCUT2D eigenvalue weighted by Gasteiger charge is -2.57. The number of nitrogens with two attached hydrogens (primary N) is 1. The molecule has 2 N–H and O–H groups in total. The van der Waals surface area contributed by atoms with E-state index in [4.69, 9.17) is 5.73 Å². The average molecular weight is 340 g/mol. The van der Waals surface area contributed by atoms with Gasteiger partial charge in [-0.25, -0.2) is 4.98 Å². The Balaban J connectivity index is 1.38. The molecule has 25 heavy (non-hydrogen) atoms. The molecule has 3 aliphatic carbocycles. The van der Waals surface area contributed by atoms with E-state index in [0.717, 1.165) is 50.4 Å². The number of hydrogen-bond donors (Lipinski definition) is 1. The summed E-state index contributed by atoms with van der Waals surface area (Å²) in [5, 5.41) is 0. The van der Waals surface area contributed by atoms with Gasteiger partial charge in [0.25, 0.3) is 5.91 Å². The number of anilines is 1. The molecule has 1 aromatic rings. The summed E-state index contributed by atoms with van der Waals surface area (Å²) in [4.78, 5) is 20.8. The zero-order valence-corrected chi connectivity index (χ0v) is 15.2. The molecule has 1 saturated carbocycles. The van der Waals surface area contributed by atoms with E-state index in [1.54, 1.807) is 23.9 Å². The highest BCUT2D eigenvalue weighted by Crippen LogP contribution is 2.59. The summed E-state index contributed by atoms with van der Waals surface area (Å²) in [6.07, 6.45) is 6.87. The van der Waals surface area contributed by atoms with Crippen molar-refractivity contribution in [1.82, 2.24) is 9.88 Å². The van der Waals surface area contributed by atoms with Crippen molar-refractivity contribution in [2.24, 2.45) is 23.0 Å². The molecule has 2 bridgehead atoms. The predicted octanol–water partition coefficient (Wildman–Crippen LogP) is 2.29. The van der Waals surface area contributed by atoms with Gasteiger partial charge in [0.2, 0.25) is 0 Å². The number of amides is 1. The SMILES string of the molecule is CC1(C)[C@H]2CC=C(CN3CCN(c4ncccc4C(N)=O)CC3)[C@@H]1C2. The summed E-state index contributed by atoms with van der Waals surface area (Å²) in [5.74, 6) is 2.00. The first-order chi connectivity index (χ1) is 12.0. The van der Waals surface area contributed by atoms with Crippen molar-refractivity contribution in [3.05, 3.63) is 35.5 Å². The van der Waals surface area contributed by atoms with E-state index in [0.29, 0.717) is 11.0 Å². The lowest BCUT2D eigenvalue weighted by Crippen LogP contribution is -2.52. The van der Waals surface area contributed by atoms with Gasteiger partial charge in [0.15, 0.2) is 0 Å². The summed E-state index contributed by atoms with van der Waals surface area (Å²) >= 11 is 0. The number of allylic oxidation sites excluding steroid dienone is 1. The number of fused-ring (bicyclic) bond motifs is 1. The van der Waals surface area contributed by atoms with Gasteiger partial charge >= 0.3 is 0 Å². The molecule has 5 rings (SSSR count). The molecule has 1 aliphatic heterocycles. The molecule has 1 saturated heterocycles. The molecule has 0 spiro atoms. The molecule has 2 heterocycles. The van der Waals surface area contributed by atoms with Gasteiger partial charge in [0, 0.05) is 38.9 Å². The molecule has 2 fully saturated rings. The minimum Gasteiger partial charge on any atom is -0.365 e. The number of carbonyl (C=O) groups excluding carboxylic acids is 1. The fraction of sp³-hybridized carbons (Fsp3) is 0.600. The number of primary amides is 1. The number of nitrogens with zero attached hydrogens (tertiary/aromatic N) is 3. The van der Waals surface area contributed by atoms with E-state index in [2.05, 4.69) is 34.7 Å². The second kappa shape index (κ2) is 6.13. The van der Waals surface area contributed by atoms with Crippen LogP contribution in [0, 0.1) is 17.3 Å². The van der Waals surface area contributed by atoms with E-state index in [1.807, 2.05) is 0 Å². The number of piperazine rings is 1. The molecule has 2 atom stereocenters. The Labute approximate surface area is 149 Å². The van der Waals surface area contributed by atoms with Gasteiger partial charge in [-0.1, -0.05) is 25.5 Å². The highest BCUT2D eigenvalue weighted by Gasteiger charge is 2.51. The third-order valence-corrected chi connectivity index (χ3v) is 6.71. The molecule has 0 unspecified atom stereocenters. The number of hydrogen-bond acceptors (Lipinski definition) is 4. The molecule has 1 amide bonds. The van der Waals surface area contributed by atoms with Gasteiger partial charge in [-0.2, -0.15) is 0 Å². The number of pyridine rings is 1. The van der Waals surface area contributed by atoms with E-state index in [-0.39, 0.29) is 0 Å². The van der Waals surface area contributed by atoms with Crippen molar-refractivity contribution in [2.45, 2.75) is 26.7 Å². The molecular formula is C20H28N4O. The number of rotatable bonds is 4. The maximum Gasteiger partial charge on any atom is 0.252 e. The average Bonchev–Trinajstić information content (AvgIpc) is 2.62. The quantitative estimate of drug-likeness (QED) is 0.854.